The lowest BCUT2D eigenvalue weighted by atomic mass is 9.85. The fourth-order valence-electron chi connectivity index (χ4n) is 1.97. The Morgan fingerprint density at radius 1 is 1.64 bits per heavy atom. The Hall–Kier alpha value is -0.0800. The Balaban J connectivity index is 2.30. The van der Waals surface area contributed by atoms with Crippen LogP contribution in [0.4, 0.5) is 0 Å². The first kappa shape index (κ1) is 9.01. The smallest absolute Gasteiger partial charge is 0.00174 e. The SMILES string of the molecule is CCC(CN)C1CCCNC1. The molecule has 2 heteroatoms. The highest BCUT2D eigenvalue weighted by molar-refractivity contribution is 4.75. The van der Waals surface area contributed by atoms with Crippen molar-refractivity contribution in [1.82, 2.24) is 5.32 Å². The molecule has 1 rings (SSSR count). The average molecular weight is 156 g/mol. The Morgan fingerprint density at radius 2 is 2.45 bits per heavy atom. The molecule has 0 aromatic heterocycles. The molecule has 0 aromatic carbocycles. The third-order valence-corrected chi connectivity index (χ3v) is 2.83. The van der Waals surface area contributed by atoms with Crippen molar-refractivity contribution in [3.05, 3.63) is 0 Å². The number of nitrogens with two attached hydrogens (primary N) is 1. The summed E-state index contributed by atoms with van der Waals surface area (Å²) in [7, 11) is 0. The second-order valence-corrected chi connectivity index (χ2v) is 3.51. The van der Waals surface area contributed by atoms with Crippen LogP contribution < -0.4 is 11.1 Å². The van der Waals surface area contributed by atoms with Crippen molar-refractivity contribution in [2.24, 2.45) is 17.6 Å². The molecular weight excluding hydrogens is 136 g/mol. The monoisotopic (exact) mass is 156 g/mol. The van der Waals surface area contributed by atoms with E-state index in [0.29, 0.717) is 0 Å². The van der Waals surface area contributed by atoms with Gasteiger partial charge in [0.15, 0.2) is 0 Å². The number of hydrogen-bond donors (Lipinski definition) is 2. The molecule has 0 aromatic rings. The van der Waals surface area contributed by atoms with E-state index in [9.17, 15) is 0 Å². The van der Waals surface area contributed by atoms with E-state index in [1.165, 1.54) is 32.4 Å². The van der Waals surface area contributed by atoms with E-state index in [1.54, 1.807) is 0 Å². The Kier molecular flexibility index (Phi) is 3.87. The highest BCUT2D eigenvalue weighted by Crippen LogP contribution is 2.21. The summed E-state index contributed by atoms with van der Waals surface area (Å²) in [5.74, 6) is 1.60. The van der Waals surface area contributed by atoms with Gasteiger partial charge in [0.25, 0.3) is 0 Å². The van der Waals surface area contributed by atoms with Crippen LogP contribution in [0.3, 0.4) is 0 Å². The molecule has 0 amide bonds. The zero-order valence-electron chi connectivity index (χ0n) is 7.47. The number of nitrogens with one attached hydrogen (secondary N) is 1. The topological polar surface area (TPSA) is 38.0 Å². The van der Waals surface area contributed by atoms with Crippen molar-refractivity contribution >= 4 is 0 Å². The Labute approximate surface area is 69.5 Å². The first-order valence-corrected chi connectivity index (χ1v) is 4.79. The minimum Gasteiger partial charge on any atom is -0.330 e. The molecule has 0 saturated carbocycles. The molecule has 1 fully saturated rings. The van der Waals surface area contributed by atoms with Gasteiger partial charge in [0, 0.05) is 0 Å². The van der Waals surface area contributed by atoms with Crippen molar-refractivity contribution in [3.8, 4) is 0 Å². The molecule has 2 unspecified atom stereocenters. The Bertz CT molecular complexity index is 93.7. The second kappa shape index (κ2) is 4.73. The van der Waals surface area contributed by atoms with E-state index in [-0.39, 0.29) is 0 Å². The minimum atomic E-state index is 0.753. The lowest BCUT2D eigenvalue weighted by Gasteiger charge is -2.29. The summed E-state index contributed by atoms with van der Waals surface area (Å²) in [6.45, 7) is 5.50. The molecule has 1 heterocycles. The van der Waals surface area contributed by atoms with Crippen LogP contribution >= 0.6 is 0 Å². The number of hydrogen-bond acceptors (Lipinski definition) is 2. The van der Waals surface area contributed by atoms with Crippen LogP contribution in [0, 0.1) is 11.8 Å². The van der Waals surface area contributed by atoms with E-state index < -0.39 is 0 Å². The highest BCUT2D eigenvalue weighted by atomic mass is 14.9. The summed E-state index contributed by atoms with van der Waals surface area (Å²) >= 11 is 0. The van der Waals surface area contributed by atoms with E-state index in [4.69, 9.17) is 5.73 Å². The van der Waals surface area contributed by atoms with Crippen LogP contribution in [0.15, 0.2) is 0 Å². The number of piperidine rings is 1. The molecule has 2 atom stereocenters. The molecule has 0 aliphatic carbocycles. The summed E-state index contributed by atoms with van der Waals surface area (Å²) in [5.41, 5.74) is 5.69. The summed E-state index contributed by atoms with van der Waals surface area (Å²) in [4.78, 5) is 0. The van der Waals surface area contributed by atoms with Crippen LogP contribution in [0.1, 0.15) is 26.2 Å². The molecule has 1 aliphatic rings. The van der Waals surface area contributed by atoms with Gasteiger partial charge in [-0.1, -0.05) is 13.3 Å². The maximum Gasteiger partial charge on any atom is -0.00174 e. The van der Waals surface area contributed by atoms with Crippen LogP contribution in [0.5, 0.6) is 0 Å². The van der Waals surface area contributed by atoms with Gasteiger partial charge in [0.05, 0.1) is 0 Å². The first-order valence-electron chi connectivity index (χ1n) is 4.79. The van der Waals surface area contributed by atoms with E-state index in [0.717, 1.165) is 18.4 Å². The molecule has 3 N–H and O–H groups in total. The van der Waals surface area contributed by atoms with Gasteiger partial charge < -0.3 is 11.1 Å². The van der Waals surface area contributed by atoms with E-state index >= 15 is 0 Å². The van der Waals surface area contributed by atoms with Gasteiger partial charge in [-0.3, -0.25) is 0 Å². The summed E-state index contributed by atoms with van der Waals surface area (Å²) < 4.78 is 0. The molecule has 11 heavy (non-hydrogen) atoms. The molecule has 1 aliphatic heterocycles. The van der Waals surface area contributed by atoms with Gasteiger partial charge in [0.2, 0.25) is 0 Å². The largest absolute Gasteiger partial charge is 0.330 e. The van der Waals surface area contributed by atoms with Gasteiger partial charge >= 0.3 is 0 Å². The lowest BCUT2D eigenvalue weighted by molar-refractivity contribution is 0.263. The second-order valence-electron chi connectivity index (χ2n) is 3.51. The molecule has 1 saturated heterocycles. The third-order valence-electron chi connectivity index (χ3n) is 2.83. The molecular formula is C9H20N2. The van der Waals surface area contributed by atoms with Crippen LogP contribution in [-0.4, -0.2) is 19.6 Å². The first-order chi connectivity index (χ1) is 5.38. The van der Waals surface area contributed by atoms with Gasteiger partial charge in [0.1, 0.15) is 0 Å². The summed E-state index contributed by atoms with van der Waals surface area (Å²) in [5, 5.41) is 3.43. The van der Waals surface area contributed by atoms with Gasteiger partial charge in [-0.05, 0) is 44.3 Å². The molecule has 0 spiro atoms. The fourth-order valence-corrected chi connectivity index (χ4v) is 1.97. The van der Waals surface area contributed by atoms with Crippen molar-refractivity contribution in [3.63, 3.8) is 0 Å². The van der Waals surface area contributed by atoms with Crippen molar-refractivity contribution < 1.29 is 0 Å². The van der Waals surface area contributed by atoms with Gasteiger partial charge in [-0.25, -0.2) is 0 Å². The van der Waals surface area contributed by atoms with Crippen molar-refractivity contribution in [1.29, 1.82) is 0 Å². The molecule has 2 nitrogen and oxygen atoms in total. The molecule has 66 valence electrons. The van der Waals surface area contributed by atoms with Crippen LogP contribution in [0.2, 0.25) is 0 Å². The fraction of sp³-hybridized carbons (Fsp3) is 1.00. The maximum absolute atomic E-state index is 5.69. The zero-order chi connectivity index (χ0) is 8.10. The summed E-state index contributed by atoms with van der Waals surface area (Å²) in [6, 6.07) is 0. The highest BCUT2D eigenvalue weighted by Gasteiger charge is 2.20. The van der Waals surface area contributed by atoms with Gasteiger partial charge in [-0.2, -0.15) is 0 Å². The lowest BCUT2D eigenvalue weighted by Crippen LogP contribution is -2.36. The maximum atomic E-state index is 5.69. The van der Waals surface area contributed by atoms with Crippen LogP contribution in [-0.2, 0) is 0 Å². The third kappa shape index (κ3) is 2.46. The van der Waals surface area contributed by atoms with Crippen molar-refractivity contribution in [2.45, 2.75) is 26.2 Å². The predicted molar refractivity (Wildman–Crippen MR) is 48.4 cm³/mol. The zero-order valence-corrected chi connectivity index (χ0v) is 7.47. The average Bonchev–Trinajstić information content (AvgIpc) is 2.09. The summed E-state index contributed by atoms with van der Waals surface area (Å²) in [6.07, 6.45) is 3.95. The normalized spacial score (nSPS) is 28.4. The van der Waals surface area contributed by atoms with Crippen molar-refractivity contribution in [2.75, 3.05) is 19.6 Å². The molecule has 0 bridgehead atoms. The van der Waals surface area contributed by atoms with E-state index in [2.05, 4.69) is 12.2 Å². The molecule has 0 radical (unpaired) electrons. The predicted octanol–water partition coefficient (Wildman–Crippen LogP) is 0.971. The Morgan fingerprint density at radius 3 is 2.91 bits per heavy atom. The minimum absolute atomic E-state index is 0.753. The number of rotatable bonds is 3. The quantitative estimate of drug-likeness (QED) is 0.639. The standard InChI is InChI=1S/C9H20N2/c1-2-8(6-10)9-4-3-5-11-7-9/h8-9,11H,2-7,10H2,1H3. The van der Waals surface area contributed by atoms with Gasteiger partial charge in [-0.15, -0.1) is 0 Å². The van der Waals surface area contributed by atoms with E-state index in [1.807, 2.05) is 0 Å². The van der Waals surface area contributed by atoms with Crippen LogP contribution in [0.25, 0.3) is 0 Å².